The van der Waals surface area contributed by atoms with Crippen LogP contribution in [0.5, 0.6) is 0 Å². The monoisotopic (exact) mass is 688 g/mol. The van der Waals surface area contributed by atoms with Gasteiger partial charge in [0.2, 0.25) is 0 Å². The molecule has 0 spiro atoms. The molecule has 3 aromatic carbocycles. The predicted octanol–water partition coefficient (Wildman–Crippen LogP) is 5.13. The Bertz CT molecular complexity index is 2050. The first-order valence-electron chi connectivity index (χ1n) is 16.9. The van der Waals surface area contributed by atoms with E-state index in [0.29, 0.717) is 73.7 Å². The smallest absolute Gasteiger partial charge is 0.323 e. The Kier molecular flexibility index (Phi) is 9.64. The standard InChI is InChI=1S/C38H40N8O5/c1-43(2)36(47)26-6-11-29(12-7-26)40-38(49)39-28-9-4-25(5-10-28)34-41-31-24-27(8-13-30(31)35(42-34)45-20-22-50-23-21-45)32-14-15-33(51-32)37(48)46-18-16-44(3)17-19-46/h4-15,24H,16-23H2,1-3H3,(H2,39,40,49). The Morgan fingerprint density at radius 2 is 1.39 bits per heavy atom. The summed E-state index contributed by atoms with van der Waals surface area (Å²) in [6.07, 6.45) is 0. The van der Waals surface area contributed by atoms with Gasteiger partial charge >= 0.3 is 6.03 Å². The van der Waals surface area contributed by atoms with E-state index in [4.69, 9.17) is 19.1 Å². The van der Waals surface area contributed by atoms with Crippen molar-refractivity contribution in [2.24, 2.45) is 0 Å². The molecule has 4 heterocycles. The summed E-state index contributed by atoms with van der Waals surface area (Å²) < 4.78 is 11.7. The third-order valence-electron chi connectivity index (χ3n) is 9.08. The molecular formula is C38H40N8O5. The molecule has 262 valence electrons. The zero-order valence-corrected chi connectivity index (χ0v) is 28.9. The van der Waals surface area contributed by atoms with Crippen LogP contribution in [0.3, 0.4) is 0 Å². The molecule has 2 saturated heterocycles. The van der Waals surface area contributed by atoms with Crippen molar-refractivity contribution in [1.82, 2.24) is 24.7 Å². The minimum atomic E-state index is -0.412. The van der Waals surface area contributed by atoms with Crippen LogP contribution in [0.1, 0.15) is 20.9 Å². The number of morpholine rings is 1. The molecule has 51 heavy (non-hydrogen) atoms. The summed E-state index contributed by atoms with van der Waals surface area (Å²) in [5.41, 5.74) is 4.01. The lowest BCUT2D eigenvalue weighted by molar-refractivity contribution is 0.0633. The number of likely N-dealkylation sites (N-methyl/N-ethyl adjacent to an activating group) is 1. The normalized spacial score (nSPS) is 15.1. The second kappa shape index (κ2) is 14.6. The summed E-state index contributed by atoms with van der Waals surface area (Å²) in [5.74, 6) is 2.06. The zero-order chi connectivity index (χ0) is 35.5. The maximum atomic E-state index is 13.1. The maximum absolute atomic E-state index is 13.1. The van der Waals surface area contributed by atoms with Gasteiger partial charge in [0.1, 0.15) is 11.6 Å². The van der Waals surface area contributed by atoms with Crippen molar-refractivity contribution in [2.45, 2.75) is 0 Å². The van der Waals surface area contributed by atoms with Crippen molar-refractivity contribution >= 4 is 45.9 Å². The number of aromatic nitrogens is 2. The zero-order valence-electron chi connectivity index (χ0n) is 28.9. The number of rotatable bonds is 7. The number of hydrogen-bond donors (Lipinski definition) is 2. The van der Waals surface area contributed by atoms with Crippen LogP contribution in [-0.2, 0) is 4.74 Å². The van der Waals surface area contributed by atoms with Gasteiger partial charge in [-0.2, -0.15) is 0 Å². The summed E-state index contributed by atoms with van der Waals surface area (Å²) >= 11 is 0. The lowest BCUT2D eigenvalue weighted by Gasteiger charge is -2.31. The molecule has 13 nitrogen and oxygen atoms in total. The van der Waals surface area contributed by atoms with E-state index in [0.717, 1.165) is 40.9 Å². The molecular weight excluding hydrogens is 648 g/mol. The number of hydrogen-bond acceptors (Lipinski definition) is 9. The van der Waals surface area contributed by atoms with Crippen molar-refractivity contribution in [3.05, 3.63) is 90.2 Å². The van der Waals surface area contributed by atoms with Gasteiger partial charge in [0.25, 0.3) is 11.8 Å². The second-order valence-electron chi connectivity index (χ2n) is 12.9. The Morgan fingerprint density at radius 1 is 0.745 bits per heavy atom. The van der Waals surface area contributed by atoms with E-state index in [-0.39, 0.29) is 11.8 Å². The fraction of sp³-hybridized carbons (Fsp3) is 0.289. The molecule has 2 aliphatic rings. The van der Waals surface area contributed by atoms with Crippen molar-refractivity contribution in [3.8, 4) is 22.7 Å². The molecule has 7 rings (SSSR count). The molecule has 13 heteroatoms. The highest BCUT2D eigenvalue weighted by Gasteiger charge is 2.24. The molecule has 2 aromatic heterocycles. The van der Waals surface area contributed by atoms with Crippen LogP contribution < -0.4 is 15.5 Å². The van der Waals surface area contributed by atoms with Gasteiger partial charge in [-0.05, 0) is 79.8 Å². The van der Waals surface area contributed by atoms with E-state index in [1.54, 1.807) is 56.6 Å². The molecule has 0 unspecified atom stereocenters. The summed E-state index contributed by atoms with van der Waals surface area (Å²) in [5, 5.41) is 6.54. The third kappa shape index (κ3) is 7.54. The fourth-order valence-electron chi connectivity index (χ4n) is 6.14. The highest BCUT2D eigenvalue weighted by molar-refractivity contribution is 6.01. The van der Waals surface area contributed by atoms with Crippen molar-refractivity contribution in [3.63, 3.8) is 0 Å². The van der Waals surface area contributed by atoms with Crippen molar-refractivity contribution in [2.75, 3.05) is 89.2 Å². The van der Waals surface area contributed by atoms with E-state index in [1.165, 1.54) is 4.90 Å². The lowest BCUT2D eigenvalue weighted by Crippen LogP contribution is -2.47. The number of ether oxygens (including phenoxy) is 1. The van der Waals surface area contributed by atoms with Gasteiger partial charge in [-0.25, -0.2) is 14.8 Å². The number of urea groups is 1. The predicted molar refractivity (Wildman–Crippen MR) is 196 cm³/mol. The first-order chi connectivity index (χ1) is 24.7. The molecule has 0 radical (unpaired) electrons. The molecule has 2 fully saturated rings. The summed E-state index contributed by atoms with van der Waals surface area (Å²) in [6, 6.07) is 23.2. The topological polar surface area (TPSA) is 136 Å². The van der Waals surface area contributed by atoms with Crippen LogP contribution in [0, 0.1) is 0 Å². The number of carbonyl (C=O) groups is 3. The first kappa shape index (κ1) is 33.7. The summed E-state index contributed by atoms with van der Waals surface area (Å²) in [4.78, 5) is 55.8. The highest BCUT2D eigenvalue weighted by atomic mass is 16.5. The van der Waals surface area contributed by atoms with Gasteiger partial charge < -0.3 is 39.4 Å². The summed E-state index contributed by atoms with van der Waals surface area (Å²) in [6.45, 7) is 5.64. The van der Waals surface area contributed by atoms with E-state index in [1.807, 2.05) is 41.3 Å². The molecule has 5 aromatic rings. The number of amides is 4. The van der Waals surface area contributed by atoms with Gasteiger partial charge in [0, 0.05) is 86.8 Å². The van der Waals surface area contributed by atoms with Gasteiger partial charge in [-0.1, -0.05) is 6.07 Å². The molecule has 2 aliphatic heterocycles. The van der Waals surface area contributed by atoms with Crippen LogP contribution in [0.15, 0.2) is 83.3 Å². The SMILES string of the molecule is CN1CCN(C(=O)c2ccc(-c3ccc4c(N5CCOCC5)nc(-c5ccc(NC(=O)Nc6ccc(C(=O)N(C)C)cc6)cc5)nc4c3)o2)CC1. The van der Waals surface area contributed by atoms with E-state index in [2.05, 4.69) is 27.5 Å². The summed E-state index contributed by atoms with van der Waals surface area (Å²) in [7, 11) is 5.44. The number of nitrogens with one attached hydrogen (secondary N) is 2. The largest absolute Gasteiger partial charge is 0.451 e. The maximum Gasteiger partial charge on any atom is 0.323 e. The number of anilines is 3. The Labute approximate surface area is 295 Å². The van der Waals surface area contributed by atoms with Crippen LogP contribution in [0.2, 0.25) is 0 Å². The molecule has 0 atom stereocenters. The number of piperazine rings is 1. The van der Waals surface area contributed by atoms with Gasteiger partial charge in [-0.15, -0.1) is 0 Å². The molecule has 0 saturated carbocycles. The Hall–Kier alpha value is -5.79. The Balaban J connectivity index is 1.11. The number of carbonyl (C=O) groups excluding carboxylic acids is 3. The van der Waals surface area contributed by atoms with Crippen LogP contribution in [0.4, 0.5) is 22.0 Å². The minimum Gasteiger partial charge on any atom is -0.451 e. The number of fused-ring (bicyclic) bond motifs is 1. The molecule has 0 aliphatic carbocycles. The third-order valence-corrected chi connectivity index (χ3v) is 9.08. The van der Waals surface area contributed by atoms with E-state index >= 15 is 0 Å². The van der Waals surface area contributed by atoms with Crippen LogP contribution in [-0.4, -0.2) is 116 Å². The second-order valence-corrected chi connectivity index (χ2v) is 12.9. The van der Waals surface area contributed by atoms with Crippen molar-refractivity contribution in [1.29, 1.82) is 0 Å². The van der Waals surface area contributed by atoms with Gasteiger partial charge in [0.15, 0.2) is 11.6 Å². The van der Waals surface area contributed by atoms with E-state index in [9.17, 15) is 14.4 Å². The van der Waals surface area contributed by atoms with Gasteiger partial charge in [0.05, 0.1) is 18.7 Å². The molecule has 0 bridgehead atoms. The number of benzene rings is 3. The van der Waals surface area contributed by atoms with Crippen LogP contribution in [0.25, 0.3) is 33.6 Å². The lowest BCUT2D eigenvalue weighted by atomic mass is 10.1. The van der Waals surface area contributed by atoms with Crippen molar-refractivity contribution < 1.29 is 23.5 Å². The van der Waals surface area contributed by atoms with E-state index < -0.39 is 6.03 Å². The first-order valence-corrected chi connectivity index (χ1v) is 16.9. The average Bonchev–Trinajstić information content (AvgIpc) is 3.65. The molecule has 2 N–H and O–H groups in total. The Morgan fingerprint density at radius 3 is 2.06 bits per heavy atom. The quantitative estimate of drug-likeness (QED) is 0.239. The fourth-order valence-corrected chi connectivity index (χ4v) is 6.14. The van der Waals surface area contributed by atoms with Crippen LogP contribution >= 0.6 is 0 Å². The average molecular weight is 689 g/mol. The number of furan rings is 1. The minimum absolute atomic E-state index is 0.100. The highest BCUT2D eigenvalue weighted by Crippen LogP contribution is 2.33. The van der Waals surface area contributed by atoms with Gasteiger partial charge in [-0.3, -0.25) is 9.59 Å². The molecule has 4 amide bonds. The number of nitrogens with zero attached hydrogens (tertiary/aromatic N) is 6.